The fourth-order valence-corrected chi connectivity index (χ4v) is 3.69. The third-order valence-electron chi connectivity index (χ3n) is 4.13. The quantitative estimate of drug-likeness (QED) is 0.700. The van der Waals surface area contributed by atoms with Crippen LogP contribution < -0.4 is 10.0 Å². The highest BCUT2D eigenvalue weighted by Gasteiger charge is 2.25. The number of nitrogens with one attached hydrogen (secondary N) is 2. The highest BCUT2D eigenvalue weighted by atomic mass is 32.2. The molecule has 1 aliphatic rings. The van der Waals surface area contributed by atoms with E-state index in [-0.39, 0.29) is 35.0 Å². The Hall–Kier alpha value is -2.57. The zero-order chi connectivity index (χ0) is 19.9. The zero-order valence-corrected chi connectivity index (χ0v) is 15.9. The molecule has 0 spiro atoms. The number of likely N-dealkylation sites (tertiary alicyclic amines) is 1. The van der Waals surface area contributed by atoms with Gasteiger partial charge in [-0.15, -0.1) is 6.42 Å². The van der Waals surface area contributed by atoms with Gasteiger partial charge in [0.1, 0.15) is 0 Å². The zero-order valence-electron chi connectivity index (χ0n) is 15.1. The Morgan fingerprint density at radius 3 is 2.67 bits per heavy atom. The van der Waals surface area contributed by atoms with Gasteiger partial charge in [-0.2, -0.15) is 4.72 Å². The van der Waals surface area contributed by atoms with Crippen LogP contribution >= 0.6 is 0 Å². The molecule has 27 heavy (non-hydrogen) atoms. The molecule has 0 aromatic heterocycles. The molecular formula is C18H23N3O5S. The van der Waals surface area contributed by atoms with Crippen molar-refractivity contribution >= 4 is 22.0 Å². The van der Waals surface area contributed by atoms with Gasteiger partial charge in [-0.3, -0.25) is 4.79 Å². The van der Waals surface area contributed by atoms with Crippen LogP contribution in [0, 0.1) is 12.3 Å². The van der Waals surface area contributed by atoms with Crippen LogP contribution in [0.15, 0.2) is 29.2 Å². The first-order chi connectivity index (χ1) is 12.9. The van der Waals surface area contributed by atoms with Gasteiger partial charge < -0.3 is 15.0 Å². The predicted octanol–water partition coefficient (Wildman–Crippen LogP) is 0.949. The average molecular weight is 393 g/mol. The third kappa shape index (κ3) is 5.70. The maximum atomic E-state index is 12.5. The molecule has 0 bridgehead atoms. The molecule has 0 unspecified atom stereocenters. The van der Waals surface area contributed by atoms with Crippen LogP contribution in [0.3, 0.4) is 0 Å². The van der Waals surface area contributed by atoms with Gasteiger partial charge in [-0.05, 0) is 38.0 Å². The normalized spacial score (nSPS) is 15.0. The molecule has 2 rings (SSSR count). The van der Waals surface area contributed by atoms with Gasteiger partial charge in [-0.1, -0.05) is 12.0 Å². The second-order valence-electron chi connectivity index (χ2n) is 5.99. The summed E-state index contributed by atoms with van der Waals surface area (Å²) in [5.74, 6) is 1.84. The lowest BCUT2D eigenvalue weighted by Crippen LogP contribution is -2.46. The molecule has 8 nitrogen and oxygen atoms in total. The molecule has 2 amide bonds. The summed E-state index contributed by atoms with van der Waals surface area (Å²) in [6.45, 7) is 2.94. The van der Waals surface area contributed by atoms with E-state index >= 15 is 0 Å². The first-order valence-corrected chi connectivity index (χ1v) is 10.1. The number of carbonyl (C=O) groups excluding carboxylic acids is 2. The van der Waals surface area contributed by atoms with E-state index in [0.717, 1.165) is 0 Å². The minimum absolute atomic E-state index is 0.0254. The fraction of sp³-hybridized carbons (Fsp3) is 0.444. The van der Waals surface area contributed by atoms with Crippen molar-refractivity contribution in [2.45, 2.75) is 30.7 Å². The van der Waals surface area contributed by atoms with E-state index in [2.05, 4.69) is 16.0 Å². The summed E-state index contributed by atoms with van der Waals surface area (Å²) in [4.78, 5) is 25.7. The number of benzene rings is 1. The molecule has 1 aliphatic heterocycles. The predicted molar refractivity (Wildman–Crippen MR) is 99.5 cm³/mol. The lowest BCUT2D eigenvalue weighted by Gasteiger charge is -2.31. The second kappa shape index (κ2) is 9.39. The van der Waals surface area contributed by atoms with Crippen molar-refractivity contribution < 1.29 is 22.7 Å². The van der Waals surface area contributed by atoms with E-state index < -0.39 is 10.0 Å². The molecule has 1 saturated heterocycles. The first-order valence-electron chi connectivity index (χ1n) is 8.63. The summed E-state index contributed by atoms with van der Waals surface area (Å²) >= 11 is 0. The standard InChI is InChI=1S/C18H23N3O5S/c1-3-10-19-27(24,25)16-7-5-6-14(13-16)17(22)20-15-8-11-21(12-9-15)18(23)26-4-2/h1,5-7,13,15,19H,4,8-12H2,2H3,(H,20,22). The van der Waals surface area contributed by atoms with Crippen molar-refractivity contribution in [2.24, 2.45) is 0 Å². The number of ether oxygens (including phenoxy) is 1. The molecule has 1 aromatic carbocycles. The molecule has 0 radical (unpaired) electrons. The Balaban J connectivity index is 1.96. The number of terminal acetylenes is 1. The van der Waals surface area contributed by atoms with E-state index in [1.54, 1.807) is 17.9 Å². The Morgan fingerprint density at radius 2 is 2.04 bits per heavy atom. The largest absolute Gasteiger partial charge is 0.450 e. The SMILES string of the molecule is C#CCNS(=O)(=O)c1cccc(C(=O)NC2CCN(C(=O)OCC)CC2)c1. The smallest absolute Gasteiger partial charge is 0.409 e. The van der Waals surface area contributed by atoms with E-state index in [1.165, 1.54) is 18.2 Å². The van der Waals surface area contributed by atoms with Gasteiger partial charge in [0, 0.05) is 24.7 Å². The third-order valence-corrected chi connectivity index (χ3v) is 5.53. The average Bonchev–Trinajstić information content (AvgIpc) is 2.67. The number of rotatable bonds is 6. The fourth-order valence-electron chi connectivity index (χ4n) is 2.71. The van der Waals surface area contributed by atoms with Crippen LogP contribution in [-0.4, -0.2) is 57.6 Å². The number of piperidine rings is 1. The lowest BCUT2D eigenvalue weighted by atomic mass is 10.0. The lowest BCUT2D eigenvalue weighted by molar-refractivity contribution is 0.0860. The summed E-state index contributed by atoms with van der Waals surface area (Å²) in [6, 6.07) is 5.66. The van der Waals surface area contributed by atoms with Crippen LogP contribution in [0.4, 0.5) is 4.79 Å². The number of hydrogen-bond acceptors (Lipinski definition) is 5. The van der Waals surface area contributed by atoms with Crippen molar-refractivity contribution in [3.63, 3.8) is 0 Å². The number of hydrogen-bond donors (Lipinski definition) is 2. The molecule has 146 valence electrons. The van der Waals surface area contributed by atoms with E-state index in [1.807, 2.05) is 0 Å². The summed E-state index contributed by atoms with van der Waals surface area (Å²) < 4.78 is 31.5. The van der Waals surface area contributed by atoms with E-state index in [0.29, 0.717) is 32.5 Å². The van der Waals surface area contributed by atoms with E-state index in [4.69, 9.17) is 11.2 Å². The molecule has 1 fully saturated rings. The van der Waals surface area contributed by atoms with E-state index in [9.17, 15) is 18.0 Å². The monoisotopic (exact) mass is 393 g/mol. The van der Waals surface area contributed by atoms with Crippen molar-refractivity contribution in [1.29, 1.82) is 0 Å². The second-order valence-corrected chi connectivity index (χ2v) is 7.76. The van der Waals surface area contributed by atoms with Gasteiger partial charge in [0.05, 0.1) is 18.0 Å². The molecule has 1 heterocycles. The maximum Gasteiger partial charge on any atom is 0.409 e. The number of carbonyl (C=O) groups is 2. The van der Waals surface area contributed by atoms with Crippen molar-refractivity contribution in [2.75, 3.05) is 26.2 Å². The molecule has 0 aliphatic carbocycles. The Morgan fingerprint density at radius 1 is 1.33 bits per heavy atom. The van der Waals surface area contributed by atoms with Crippen LogP contribution in [0.1, 0.15) is 30.1 Å². The molecule has 0 saturated carbocycles. The highest BCUT2D eigenvalue weighted by Crippen LogP contribution is 2.14. The van der Waals surface area contributed by atoms with Crippen molar-refractivity contribution in [1.82, 2.24) is 14.9 Å². The van der Waals surface area contributed by atoms with Crippen LogP contribution in [0.25, 0.3) is 0 Å². The summed E-state index contributed by atoms with van der Waals surface area (Å²) in [5, 5.41) is 2.88. The van der Waals surface area contributed by atoms with Gasteiger partial charge >= 0.3 is 6.09 Å². The number of nitrogens with zero attached hydrogens (tertiary/aromatic N) is 1. The summed E-state index contributed by atoms with van der Waals surface area (Å²) in [6.07, 6.45) is 5.93. The van der Waals surface area contributed by atoms with Crippen LogP contribution in [-0.2, 0) is 14.8 Å². The minimum Gasteiger partial charge on any atom is -0.450 e. The van der Waals surface area contributed by atoms with Crippen LogP contribution in [0.2, 0.25) is 0 Å². The Kier molecular flexibility index (Phi) is 7.21. The van der Waals surface area contributed by atoms with Gasteiger partial charge in [0.2, 0.25) is 10.0 Å². The number of sulfonamides is 1. The minimum atomic E-state index is -3.76. The molecule has 0 atom stereocenters. The van der Waals surface area contributed by atoms with Gasteiger partial charge in [-0.25, -0.2) is 13.2 Å². The number of amides is 2. The van der Waals surface area contributed by atoms with Crippen molar-refractivity contribution in [3.05, 3.63) is 29.8 Å². The molecule has 2 N–H and O–H groups in total. The Labute approximate surface area is 159 Å². The maximum absolute atomic E-state index is 12.5. The highest BCUT2D eigenvalue weighted by molar-refractivity contribution is 7.89. The van der Waals surface area contributed by atoms with Gasteiger partial charge in [0.25, 0.3) is 5.91 Å². The van der Waals surface area contributed by atoms with Crippen molar-refractivity contribution in [3.8, 4) is 12.3 Å². The van der Waals surface area contributed by atoms with Crippen LogP contribution in [0.5, 0.6) is 0 Å². The molecule has 1 aromatic rings. The summed E-state index contributed by atoms with van der Waals surface area (Å²) in [5.41, 5.74) is 0.242. The Bertz CT molecular complexity index is 824. The summed E-state index contributed by atoms with van der Waals surface area (Å²) in [7, 11) is -3.76. The molecular weight excluding hydrogens is 370 g/mol. The van der Waals surface area contributed by atoms with Gasteiger partial charge in [0.15, 0.2) is 0 Å². The molecule has 9 heteroatoms. The first kappa shape index (κ1) is 20.7. The topological polar surface area (TPSA) is 105 Å².